The van der Waals surface area contributed by atoms with Crippen molar-refractivity contribution >= 4 is 136 Å². The molecule has 0 saturated carbocycles. The fourth-order valence-corrected chi connectivity index (χ4v) is 8.82. The first-order chi connectivity index (χ1) is 21.7. The Kier molecular flexibility index (Phi) is 10.4. The van der Waals surface area contributed by atoms with Crippen LogP contribution in [-0.2, 0) is 16.0 Å². The number of fused-ring (bicyclic) bond motifs is 2. The molecule has 0 radical (unpaired) electrons. The zero-order chi connectivity index (χ0) is 31.5. The molecule has 0 aliphatic carbocycles. The Hall–Kier alpha value is -2.54. The second kappa shape index (κ2) is 14.5. The number of benzene rings is 4. The van der Waals surface area contributed by atoms with Gasteiger partial charge in [-0.1, -0.05) is 82.1 Å². The predicted octanol–water partition coefficient (Wildman–Crippen LogP) is 10.6. The number of halogens is 4. The summed E-state index contributed by atoms with van der Waals surface area (Å²) < 4.78 is 3.62. The van der Waals surface area contributed by atoms with E-state index in [0.717, 1.165) is 40.2 Å². The van der Waals surface area contributed by atoms with Gasteiger partial charge in [0.1, 0.15) is 0 Å². The van der Waals surface area contributed by atoms with Crippen LogP contribution in [0.2, 0.25) is 20.1 Å². The second-order valence-electron chi connectivity index (χ2n) is 9.66. The highest BCUT2D eigenvalue weighted by Gasteiger charge is 2.13. The minimum absolute atomic E-state index is 0.181. The van der Waals surface area contributed by atoms with Gasteiger partial charge in [-0.25, -0.2) is 9.97 Å². The number of hydrogen-bond acceptors (Lipinski definition) is 8. The normalized spacial score (nSPS) is 11.3. The zero-order valence-corrected chi connectivity index (χ0v) is 29.2. The van der Waals surface area contributed by atoms with Gasteiger partial charge in [-0.2, -0.15) is 0 Å². The first-order valence-electron chi connectivity index (χ1n) is 13.2. The Labute approximate surface area is 294 Å². The van der Waals surface area contributed by atoms with Crippen LogP contribution in [0.25, 0.3) is 20.4 Å². The lowest BCUT2D eigenvalue weighted by Crippen LogP contribution is -2.14. The molecule has 0 unspecified atom stereocenters. The number of nitrogens with zero attached hydrogens (tertiary/aromatic N) is 2. The number of thiazole rings is 2. The first kappa shape index (κ1) is 32.4. The number of carbonyl (C=O) groups is 2. The van der Waals surface area contributed by atoms with Crippen LogP contribution < -0.4 is 10.6 Å². The largest absolute Gasteiger partial charge is 0.324 e. The molecule has 0 spiro atoms. The number of aromatic nitrogens is 2. The minimum Gasteiger partial charge on any atom is -0.324 e. The van der Waals surface area contributed by atoms with Gasteiger partial charge in [0.2, 0.25) is 11.8 Å². The molecule has 45 heavy (non-hydrogen) atoms. The quantitative estimate of drug-likeness (QED) is 0.136. The van der Waals surface area contributed by atoms with Gasteiger partial charge in [0, 0.05) is 10.0 Å². The van der Waals surface area contributed by atoms with Crippen LogP contribution >= 0.6 is 92.6 Å². The molecule has 0 fully saturated rings. The van der Waals surface area contributed by atoms with Gasteiger partial charge in [0.25, 0.3) is 0 Å². The lowest BCUT2D eigenvalue weighted by atomic mass is 10.0. The Morgan fingerprint density at radius 3 is 1.49 bits per heavy atom. The highest BCUT2D eigenvalue weighted by molar-refractivity contribution is 8.02. The summed E-state index contributed by atoms with van der Waals surface area (Å²) in [7, 11) is 0. The van der Waals surface area contributed by atoms with E-state index in [2.05, 4.69) is 20.6 Å². The lowest BCUT2D eigenvalue weighted by molar-refractivity contribution is -0.114. The van der Waals surface area contributed by atoms with Crippen LogP contribution in [0.3, 0.4) is 0 Å². The summed E-state index contributed by atoms with van der Waals surface area (Å²) in [5, 5.41) is 7.87. The van der Waals surface area contributed by atoms with E-state index in [-0.39, 0.29) is 23.3 Å². The van der Waals surface area contributed by atoms with Gasteiger partial charge in [-0.15, -0.1) is 22.7 Å². The van der Waals surface area contributed by atoms with Crippen LogP contribution in [0.1, 0.15) is 11.1 Å². The topological polar surface area (TPSA) is 84.0 Å². The average molecular weight is 751 g/mol. The van der Waals surface area contributed by atoms with Crippen molar-refractivity contribution < 1.29 is 9.59 Å². The van der Waals surface area contributed by atoms with Crippen molar-refractivity contribution in [1.82, 2.24) is 9.97 Å². The molecule has 2 amide bonds. The Bertz CT molecular complexity index is 1920. The van der Waals surface area contributed by atoms with Gasteiger partial charge in [0.15, 0.2) is 8.68 Å². The molecular weight excluding hydrogens is 730 g/mol. The van der Waals surface area contributed by atoms with E-state index >= 15 is 0 Å². The van der Waals surface area contributed by atoms with Crippen LogP contribution in [0.5, 0.6) is 0 Å². The van der Waals surface area contributed by atoms with Gasteiger partial charge < -0.3 is 10.6 Å². The number of carbonyl (C=O) groups excluding carboxylic acids is 2. The summed E-state index contributed by atoms with van der Waals surface area (Å²) in [5.41, 5.74) is 4.59. The summed E-state index contributed by atoms with van der Waals surface area (Å²) in [6.45, 7) is 0. The van der Waals surface area contributed by atoms with E-state index in [1.165, 1.54) is 46.2 Å². The SMILES string of the molecule is O=C(CSc1nc2cc(Cl)ccc2s1)Nc1ccc(Cc2ccc(NC(=O)CSc3nc4cc(Cl)ccc4s3)c(Cl)c2)cc1Cl. The van der Waals surface area contributed by atoms with Crippen LogP contribution in [0.15, 0.2) is 81.5 Å². The Morgan fingerprint density at radius 2 is 1.07 bits per heavy atom. The van der Waals surface area contributed by atoms with Crippen molar-refractivity contribution in [3.63, 3.8) is 0 Å². The molecule has 0 atom stereocenters. The van der Waals surface area contributed by atoms with E-state index in [0.29, 0.717) is 37.9 Å². The molecule has 0 bridgehead atoms. The molecule has 6 rings (SSSR count). The van der Waals surface area contributed by atoms with E-state index in [4.69, 9.17) is 46.4 Å². The van der Waals surface area contributed by atoms with E-state index < -0.39 is 0 Å². The number of thioether (sulfide) groups is 2. The molecule has 0 saturated heterocycles. The highest BCUT2D eigenvalue weighted by Crippen LogP contribution is 2.33. The van der Waals surface area contributed by atoms with Crippen molar-refractivity contribution in [2.24, 2.45) is 0 Å². The molecule has 228 valence electrons. The van der Waals surface area contributed by atoms with Crippen molar-refractivity contribution in [3.05, 3.63) is 104 Å². The third-order valence-corrected chi connectivity index (χ3v) is 11.8. The number of rotatable bonds is 10. The molecule has 6 nitrogen and oxygen atoms in total. The molecule has 0 aliphatic rings. The lowest BCUT2D eigenvalue weighted by Gasteiger charge is -2.11. The smallest absolute Gasteiger partial charge is 0.234 e. The minimum atomic E-state index is -0.181. The summed E-state index contributed by atoms with van der Waals surface area (Å²) in [6, 6.07) is 22.1. The molecule has 2 N–H and O–H groups in total. The highest BCUT2D eigenvalue weighted by atomic mass is 35.5. The number of nitrogens with one attached hydrogen (secondary N) is 2. The van der Waals surface area contributed by atoms with Crippen molar-refractivity contribution in [1.29, 1.82) is 0 Å². The Morgan fingerprint density at radius 1 is 0.622 bits per heavy atom. The summed E-state index contributed by atoms with van der Waals surface area (Å²) in [6.07, 6.45) is 0.566. The van der Waals surface area contributed by atoms with Gasteiger partial charge in [-0.05, 0) is 78.2 Å². The van der Waals surface area contributed by atoms with E-state index in [1.807, 2.05) is 60.7 Å². The number of amides is 2. The van der Waals surface area contributed by atoms with E-state index in [9.17, 15) is 9.59 Å². The fraction of sp³-hybridized carbons (Fsp3) is 0.0968. The second-order valence-corrected chi connectivity index (χ2v) is 15.9. The van der Waals surface area contributed by atoms with Crippen LogP contribution in [-0.4, -0.2) is 33.3 Å². The monoisotopic (exact) mass is 748 g/mol. The van der Waals surface area contributed by atoms with Crippen molar-refractivity contribution in [2.75, 3.05) is 22.1 Å². The third-order valence-electron chi connectivity index (χ3n) is 6.34. The van der Waals surface area contributed by atoms with Crippen molar-refractivity contribution in [2.45, 2.75) is 15.1 Å². The van der Waals surface area contributed by atoms with Gasteiger partial charge in [-0.3, -0.25) is 9.59 Å². The molecule has 2 heterocycles. The van der Waals surface area contributed by atoms with Gasteiger partial charge in [0.05, 0.1) is 53.4 Å². The molecule has 4 aromatic carbocycles. The average Bonchev–Trinajstić information content (AvgIpc) is 3.60. The van der Waals surface area contributed by atoms with Crippen LogP contribution in [0.4, 0.5) is 11.4 Å². The number of anilines is 2. The Balaban J connectivity index is 0.997. The summed E-state index contributed by atoms with van der Waals surface area (Å²) in [5.74, 6) is 0.0333. The van der Waals surface area contributed by atoms with E-state index in [1.54, 1.807) is 12.1 Å². The summed E-state index contributed by atoms with van der Waals surface area (Å²) >= 11 is 30.9. The number of hydrogen-bond donors (Lipinski definition) is 2. The maximum atomic E-state index is 12.6. The third kappa shape index (κ3) is 8.44. The fourth-order valence-electron chi connectivity index (χ4n) is 4.29. The molecule has 14 heteroatoms. The maximum Gasteiger partial charge on any atom is 0.234 e. The maximum absolute atomic E-state index is 12.6. The van der Waals surface area contributed by atoms with Crippen LogP contribution in [0, 0.1) is 0 Å². The molecular formula is C31H20Cl4N4O2S4. The predicted molar refractivity (Wildman–Crippen MR) is 194 cm³/mol. The molecule has 0 aliphatic heterocycles. The van der Waals surface area contributed by atoms with Gasteiger partial charge >= 0.3 is 0 Å². The molecule has 2 aromatic heterocycles. The molecule has 6 aromatic rings. The van der Waals surface area contributed by atoms with Crippen molar-refractivity contribution in [3.8, 4) is 0 Å². The summed E-state index contributed by atoms with van der Waals surface area (Å²) in [4.78, 5) is 34.3. The standard InChI is InChI=1S/C31H20Cl4N4O2S4/c32-18-3-7-26-24(12-18)38-30(44-26)42-14-28(40)36-22-5-1-16(10-20(22)34)9-17-2-6-23(21(35)11-17)37-29(41)15-43-31-39-25-13-19(33)4-8-27(25)45-31/h1-8,10-13H,9,14-15H2,(H,36,40)(H,37,41). The zero-order valence-electron chi connectivity index (χ0n) is 22.9. The first-order valence-corrected chi connectivity index (χ1v) is 18.3.